The normalized spacial score (nSPS) is 11.9. The zero-order chi connectivity index (χ0) is 19.2. The Labute approximate surface area is 167 Å². The first-order chi connectivity index (χ1) is 13.0. The number of hydrogen-bond donors (Lipinski definition) is 2. The zero-order valence-electron chi connectivity index (χ0n) is 14.8. The quantitative estimate of drug-likeness (QED) is 0.469. The van der Waals surface area contributed by atoms with Crippen molar-refractivity contribution < 1.29 is 4.79 Å². The van der Waals surface area contributed by atoms with Crippen LogP contribution in [0.1, 0.15) is 12.5 Å². The van der Waals surface area contributed by atoms with Crippen LogP contribution in [0.4, 0.5) is 0 Å². The molecule has 0 saturated heterocycles. The minimum absolute atomic E-state index is 0.0664. The van der Waals surface area contributed by atoms with Gasteiger partial charge in [-0.05, 0) is 31.0 Å². The summed E-state index contributed by atoms with van der Waals surface area (Å²) in [6, 6.07) is 17.2. The van der Waals surface area contributed by atoms with Crippen LogP contribution in [0.25, 0.3) is 11.4 Å². The number of benzene rings is 2. The molecule has 3 rings (SSSR count). The topological polar surface area (TPSA) is 85.8 Å². The summed E-state index contributed by atoms with van der Waals surface area (Å²) in [5.74, 6) is 6.54. The summed E-state index contributed by atoms with van der Waals surface area (Å²) >= 11 is 7.28. The van der Waals surface area contributed by atoms with E-state index in [4.69, 9.17) is 17.4 Å². The fraction of sp³-hybridized carbons (Fsp3) is 0.211. The largest absolute Gasteiger partial charge is 0.355 e. The molecule has 1 atom stereocenters. The van der Waals surface area contributed by atoms with Crippen LogP contribution >= 0.6 is 23.4 Å². The Kier molecular flexibility index (Phi) is 6.36. The van der Waals surface area contributed by atoms with Crippen LogP contribution in [-0.4, -0.2) is 32.6 Å². The Bertz CT molecular complexity index is 915. The number of hydrogen-bond acceptors (Lipinski definition) is 5. The average Bonchev–Trinajstić information content (AvgIpc) is 3.03. The van der Waals surface area contributed by atoms with E-state index >= 15 is 0 Å². The Hall–Kier alpha value is -2.51. The number of aromatic nitrogens is 3. The van der Waals surface area contributed by atoms with Gasteiger partial charge in [-0.3, -0.25) is 4.79 Å². The Morgan fingerprint density at radius 2 is 2.00 bits per heavy atom. The molecule has 0 bridgehead atoms. The molecule has 6 nitrogen and oxygen atoms in total. The smallest absolute Gasteiger partial charge is 0.233 e. The standard InChI is InChI=1S/C19H20ClN5OS/c1-13(18(26)22-11-10-14-6-3-2-4-7-14)27-19-24-23-17(25(19)21)15-8-5-9-16(20)12-15/h2-9,12-13H,10-11,21H2,1H3,(H,22,26)/t13-/m1/s1. The number of nitrogens with two attached hydrogens (primary N) is 1. The van der Waals surface area contributed by atoms with Crippen molar-refractivity contribution in [1.82, 2.24) is 20.2 Å². The number of nitrogen functional groups attached to an aromatic ring is 1. The zero-order valence-corrected chi connectivity index (χ0v) is 16.4. The molecule has 140 valence electrons. The van der Waals surface area contributed by atoms with Gasteiger partial charge in [-0.2, -0.15) is 0 Å². The number of halogens is 1. The third-order valence-electron chi connectivity index (χ3n) is 3.95. The average molecular weight is 402 g/mol. The SMILES string of the molecule is C[C@@H](Sc1nnc(-c2cccc(Cl)c2)n1N)C(=O)NCCc1ccccc1. The molecular formula is C19H20ClN5OS. The molecule has 0 aliphatic heterocycles. The van der Waals surface area contributed by atoms with Crippen LogP contribution in [0, 0.1) is 0 Å². The molecule has 0 fully saturated rings. The molecule has 0 aliphatic carbocycles. The van der Waals surface area contributed by atoms with Crippen LogP contribution in [0.5, 0.6) is 0 Å². The third-order valence-corrected chi connectivity index (χ3v) is 5.25. The van der Waals surface area contributed by atoms with Crippen molar-refractivity contribution in [3.8, 4) is 11.4 Å². The van der Waals surface area contributed by atoms with Gasteiger partial charge in [0.1, 0.15) is 0 Å². The molecule has 0 unspecified atom stereocenters. The van der Waals surface area contributed by atoms with Crippen molar-refractivity contribution in [2.24, 2.45) is 0 Å². The fourth-order valence-electron chi connectivity index (χ4n) is 2.51. The molecule has 2 aromatic carbocycles. The summed E-state index contributed by atoms with van der Waals surface area (Å²) in [6.45, 7) is 2.40. The summed E-state index contributed by atoms with van der Waals surface area (Å²) in [4.78, 5) is 12.3. The monoisotopic (exact) mass is 401 g/mol. The van der Waals surface area contributed by atoms with Crippen molar-refractivity contribution in [2.45, 2.75) is 23.8 Å². The lowest BCUT2D eigenvalue weighted by molar-refractivity contribution is -0.120. The van der Waals surface area contributed by atoms with Gasteiger partial charge < -0.3 is 11.2 Å². The number of amides is 1. The maximum atomic E-state index is 12.3. The van der Waals surface area contributed by atoms with E-state index in [1.54, 1.807) is 12.1 Å². The van der Waals surface area contributed by atoms with Crippen molar-refractivity contribution in [2.75, 3.05) is 12.4 Å². The van der Waals surface area contributed by atoms with Crippen molar-refractivity contribution >= 4 is 29.3 Å². The Balaban J connectivity index is 1.57. The number of carbonyl (C=O) groups excluding carboxylic acids is 1. The highest BCUT2D eigenvalue weighted by atomic mass is 35.5. The van der Waals surface area contributed by atoms with Crippen LogP contribution in [0.15, 0.2) is 59.8 Å². The van der Waals surface area contributed by atoms with Crippen molar-refractivity contribution in [3.63, 3.8) is 0 Å². The lowest BCUT2D eigenvalue weighted by Crippen LogP contribution is -2.32. The van der Waals surface area contributed by atoms with Crippen LogP contribution in [-0.2, 0) is 11.2 Å². The van der Waals surface area contributed by atoms with E-state index in [-0.39, 0.29) is 11.2 Å². The molecule has 3 aromatic rings. The summed E-state index contributed by atoms with van der Waals surface area (Å²) in [7, 11) is 0. The number of thioether (sulfide) groups is 1. The van der Waals surface area contributed by atoms with Gasteiger partial charge in [0, 0.05) is 17.1 Å². The molecule has 27 heavy (non-hydrogen) atoms. The second kappa shape index (κ2) is 8.92. The molecule has 8 heteroatoms. The summed E-state index contributed by atoms with van der Waals surface area (Å²) in [5.41, 5.74) is 1.95. The van der Waals surface area contributed by atoms with Gasteiger partial charge in [-0.25, -0.2) is 4.68 Å². The summed E-state index contributed by atoms with van der Waals surface area (Å²) in [5, 5.41) is 11.9. The lowest BCUT2D eigenvalue weighted by Gasteiger charge is -2.11. The predicted octanol–water partition coefficient (Wildman–Crippen LogP) is 3.15. The van der Waals surface area contributed by atoms with E-state index in [1.165, 1.54) is 22.0 Å². The third kappa shape index (κ3) is 5.02. The number of carbonyl (C=O) groups is 1. The lowest BCUT2D eigenvalue weighted by atomic mass is 10.1. The number of nitrogens with one attached hydrogen (secondary N) is 1. The first-order valence-corrected chi connectivity index (χ1v) is 9.75. The van der Waals surface area contributed by atoms with E-state index < -0.39 is 0 Å². The van der Waals surface area contributed by atoms with Gasteiger partial charge in [-0.1, -0.05) is 65.8 Å². The second-order valence-corrected chi connectivity index (χ2v) is 7.72. The van der Waals surface area contributed by atoms with Crippen LogP contribution < -0.4 is 11.2 Å². The molecule has 0 radical (unpaired) electrons. The van der Waals surface area contributed by atoms with Gasteiger partial charge in [0.2, 0.25) is 11.1 Å². The molecular weight excluding hydrogens is 382 g/mol. The molecule has 1 heterocycles. The Morgan fingerprint density at radius 1 is 1.22 bits per heavy atom. The van der Waals surface area contributed by atoms with E-state index in [9.17, 15) is 4.79 Å². The van der Waals surface area contributed by atoms with Crippen molar-refractivity contribution in [3.05, 3.63) is 65.2 Å². The number of nitrogens with zero attached hydrogens (tertiary/aromatic N) is 3. The maximum absolute atomic E-state index is 12.3. The molecule has 0 saturated carbocycles. The first kappa shape index (κ1) is 19.3. The minimum atomic E-state index is -0.348. The molecule has 0 aliphatic rings. The van der Waals surface area contributed by atoms with Gasteiger partial charge in [0.15, 0.2) is 5.82 Å². The van der Waals surface area contributed by atoms with Gasteiger partial charge in [0.25, 0.3) is 0 Å². The van der Waals surface area contributed by atoms with Crippen LogP contribution in [0.2, 0.25) is 5.02 Å². The van der Waals surface area contributed by atoms with Gasteiger partial charge in [0.05, 0.1) is 5.25 Å². The highest BCUT2D eigenvalue weighted by Crippen LogP contribution is 2.26. The van der Waals surface area contributed by atoms with Crippen LogP contribution in [0.3, 0.4) is 0 Å². The van der Waals surface area contributed by atoms with E-state index in [1.807, 2.05) is 49.4 Å². The molecule has 1 aromatic heterocycles. The first-order valence-electron chi connectivity index (χ1n) is 8.49. The maximum Gasteiger partial charge on any atom is 0.233 e. The molecule has 3 N–H and O–H groups in total. The second-order valence-electron chi connectivity index (χ2n) is 5.97. The molecule has 0 spiro atoms. The fourth-order valence-corrected chi connectivity index (χ4v) is 3.50. The van der Waals surface area contributed by atoms with Gasteiger partial charge in [-0.15, -0.1) is 10.2 Å². The predicted molar refractivity (Wildman–Crippen MR) is 109 cm³/mol. The van der Waals surface area contributed by atoms with Crippen molar-refractivity contribution in [1.29, 1.82) is 0 Å². The summed E-state index contributed by atoms with van der Waals surface area (Å²) < 4.78 is 1.38. The van der Waals surface area contributed by atoms with Gasteiger partial charge >= 0.3 is 0 Å². The highest BCUT2D eigenvalue weighted by molar-refractivity contribution is 8.00. The highest BCUT2D eigenvalue weighted by Gasteiger charge is 2.19. The summed E-state index contributed by atoms with van der Waals surface area (Å²) in [6.07, 6.45) is 0.788. The van der Waals surface area contributed by atoms with E-state index in [0.717, 1.165) is 12.0 Å². The minimum Gasteiger partial charge on any atom is -0.355 e. The molecule has 1 amide bonds. The Morgan fingerprint density at radius 3 is 2.74 bits per heavy atom. The number of rotatable bonds is 7. The van der Waals surface area contributed by atoms with E-state index in [0.29, 0.717) is 22.5 Å². The van der Waals surface area contributed by atoms with E-state index in [2.05, 4.69) is 15.5 Å².